The van der Waals surface area contributed by atoms with Crippen LogP contribution in [0.25, 0.3) is 0 Å². The van der Waals surface area contributed by atoms with Gasteiger partial charge in [-0.3, -0.25) is 4.79 Å². The molecule has 2 unspecified atom stereocenters. The molecule has 1 fully saturated rings. The van der Waals surface area contributed by atoms with Crippen LogP contribution in [0.2, 0.25) is 0 Å². The molecular formula is C21H40O2. The van der Waals surface area contributed by atoms with Crippen molar-refractivity contribution in [2.45, 2.75) is 92.4 Å². The summed E-state index contributed by atoms with van der Waals surface area (Å²) in [6, 6.07) is 0. The van der Waals surface area contributed by atoms with Gasteiger partial charge in [0.1, 0.15) is 0 Å². The fraction of sp³-hybridized carbons (Fsp3) is 0.952. The molecule has 136 valence electrons. The molecule has 0 spiro atoms. The summed E-state index contributed by atoms with van der Waals surface area (Å²) in [6.07, 6.45) is 10.8. The van der Waals surface area contributed by atoms with Crippen LogP contribution in [-0.4, -0.2) is 12.6 Å². The molecule has 2 heteroatoms. The van der Waals surface area contributed by atoms with Crippen LogP contribution < -0.4 is 0 Å². The summed E-state index contributed by atoms with van der Waals surface area (Å²) < 4.78 is 5.58. The second-order valence-corrected chi connectivity index (χ2v) is 8.44. The van der Waals surface area contributed by atoms with E-state index in [1.54, 1.807) is 0 Å². The van der Waals surface area contributed by atoms with E-state index < -0.39 is 0 Å². The number of esters is 1. The van der Waals surface area contributed by atoms with Crippen molar-refractivity contribution < 1.29 is 9.53 Å². The molecule has 1 aliphatic carbocycles. The Morgan fingerprint density at radius 3 is 2.22 bits per heavy atom. The highest BCUT2D eigenvalue weighted by atomic mass is 16.5. The standard InChI is InChI=1S/C21H40O2/c1-6-7-8-17(4)15-23-21(22)20-13-11-19(12-14-20)18(5)10-9-16(2)3/h16-20H,6-15H2,1-5H3. The van der Waals surface area contributed by atoms with Crippen molar-refractivity contribution in [3.63, 3.8) is 0 Å². The number of hydrogen-bond donors (Lipinski definition) is 0. The Kier molecular flexibility index (Phi) is 9.90. The molecule has 0 aliphatic heterocycles. The number of ether oxygens (including phenoxy) is 1. The minimum absolute atomic E-state index is 0.0710. The third-order valence-electron chi connectivity index (χ3n) is 5.67. The fourth-order valence-corrected chi connectivity index (χ4v) is 3.73. The topological polar surface area (TPSA) is 26.3 Å². The molecule has 23 heavy (non-hydrogen) atoms. The Bertz CT molecular complexity index is 316. The summed E-state index contributed by atoms with van der Waals surface area (Å²) >= 11 is 0. The first kappa shape index (κ1) is 20.5. The minimum atomic E-state index is 0.0710. The lowest BCUT2D eigenvalue weighted by molar-refractivity contribution is -0.151. The van der Waals surface area contributed by atoms with Gasteiger partial charge < -0.3 is 4.74 Å². The molecule has 0 heterocycles. The van der Waals surface area contributed by atoms with Gasteiger partial charge in [-0.2, -0.15) is 0 Å². The highest BCUT2D eigenvalue weighted by Crippen LogP contribution is 2.36. The van der Waals surface area contributed by atoms with Crippen LogP contribution in [0.15, 0.2) is 0 Å². The van der Waals surface area contributed by atoms with E-state index in [4.69, 9.17) is 4.74 Å². The molecule has 1 rings (SSSR count). The lowest BCUT2D eigenvalue weighted by Crippen LogP contribution is -2.27. The van der Waals surface area contributed by atoms with E-state index in [-0.39, 0.29) is 11.9 Å². The number of carbonyl (C=O) groups excluding carboxylic acids is 1. The first-order chi connectivity index (χ1) is 10.9. The first-order valence-electron chi connectivity index (χ1n) is 10.1. The molecule has 0 saturated heterocycles. The molecule has 0 aromatic carbocycles. The van der Waals surface area contributed by atoms with Gasteiger partial charge in [0.05, 0.1) is 12.5 Å². The van der Waals surface area contributed by atoms with Crippen LogP contribution in [0.5, 0.6) is 0 Å². The first-order valence-corrected chi connectivity index (χ1v) is 10.1. The Labute approximate surface area is 144 Å². The maximum absolute atomic E-state index is 12.2. The van der Waals surface area contributed by atoms with E-state index in [2.05, 4.69) is 34.6 Å². The summed E-state index contributed by atoms with van der Waals surface area (Å²) in [5.41, 5.74) is 0. The quantitative estimate of drug-likeness (QED) is 0.445. The zero-order valence-corrected chi connectivity index (χ0v) is 16.3. The summed E-state index contributed by atoms with van der Waals surface area (Å²) in [6.45, 7) is 12.0. The molecule has 0 bridgehead atoms. The molecule has 0 aromatic rings. The predicted molar refractivity (Wildman–Crippen MR) is 98.3 cm³/mol. The largest absolute Gasteiger partial charge is 0.465 e. The van der Waals surface area contributed by atoms with Gasteiger partial charge in [-0.1, -0.05) is 60.3 Å². The third kappa shape index (κ3) is 8.22. The van der Waals surface area contributed by atoms with Gasteiger partial charge >= 0.3 is 5.97 Å². The summed E-state index contributed by atoms with van der Waals surface area (Å²) in [4.78, 5) is 12.2. The molecule has 1 saturated carbocycles. The Hall–Kier alpha value is -0.530. The molecule has 1 aliphatic rings. The zero-order chi connectivity index (χ0) is 17.2. The monoisotopic (exact) mass is 324 g/mol. The fourth-order valence-electron chi connectivity index (χ4n) is 3.73. The van der Waals surface area contributed by atoms with E-state index in [9.17, 15) is 4.79 Å². The van der Waals surface area contributed by atoms with Crippen molar-refractivity contribution in [1.82, 2.24) is 0 Å². The van der Waals surface area contributed by atoms with Crippen molar-refractivity contribution in [2.24, 2.45) is 29.6 Å². The Balaban J connectivity index is 2.23. The van der Waals surface area contributed by atoms with Crippen LogP contribution in [0, 0.1) is 29.6 Å². The van der Waals surface area contributed by atoms with Gasteiger partial charge in [-0.25, -0.2) is 0 Å². The molecule has 0 aromatic heterocycles. The summed E-state index contributed by atoms with van der Waals surface area (Å²) in [5.74, 6) is 3.18. The normalized spacial score (nSPS) is 24.4. The molecule has 0 radical (unpaired) electrons. The van der Waals surface area contributed by atoms with Crippen molar-refractivity contribution in [3.05, 3.63) is 0 Å². The summed E-state index contributed by atoms with van der Waals surface area (Å²) in [7, 11) is 0. The maximum Gasteiger partial charge on any atom is 0.308 e. The lowest BCUT2D eigenvalue weighted by atomic mass is 9.74. The zero-order valence-electron chi connectivity index (χ0n) is 16.3. The van der Waals surface area contributed by atoms with Crippen molar-refractivity contribution in [1.29, 1.82) is 0 Å². The van der Waals surface area contributed by atoms with Crippen LogP contribution in [0.4, 0.5) is 0 Å². The molecule has 0 N–H and O–H groups in total. The predicted octanol–water partition coefficient (Wildman–Crippen LogP) is 6.23. The van der Waals surface area contributed by atoms with E-state index in [1.165, 1.54) is 44.9 Å². The van der Waals surface area contributed by atoms with Crippen molar-refractivity contribution in [2.75, 3.05) is 6.61 Å². The average molecular weight is 325 g/mol. The molecule has 2 atom stereocenters. The molecule has 2 nitrogen and oxygen atoms in total. The van der Waals surface area contributed by atoms with Gasteiger partial charge in [0.2, 0.25) is 0 Å². The van der Waals surface area contributed by atoms with Gasteiger partial charge in [0.15, 0.2) is 0 Å². The second kappa shape index (κ2) is 11.1. The third-order valence-corrected chi connectivity index (χ3v) is 5.67. The summed E-state index contributed by atoms with van der Waals surface area (Å²) in [5, 5.41) is 0. The second-order valence-electron chi connectivity index (χ2n) is 8.44. The number of carbonyl (C=O) groups is 1. The number of rotatable bonds is 10. The van der Waals surface area contributed by atoms with Crippen molar-refractivity contribution >= 4 is 5.97 Å². The maximum atomic E-state index is 12.2. The Morgan fingerprint density at radius 2 is 1.65 bits per heavy atom. The van der Waals surface area contributed by atoms with Gasteiger partial charge in [0, 0.05) is 0 Å². The van der Waals surface area contributed by atoms with Gasteiger partial charge in [-0.05, 0) is 55.8 Å². The molecule has 0 amide bonds. The van der Waals surface area contributed by atoms with E-state index in [0.29, 0.717) is 12.5 Å². The highest BCUT2D eigenvalue weighted by molar-refractivity contribution is 5.72. The van der Waals surface area contributed by atoms with Crippen LogP contribution in [0.1, 0.15) is 92.4 Å². The van der Waals surface area contributed by atoms with E-state index >= 15 is 0 Å². The highest BCUT2D eigenvalue weighted by Gasteiger charge is 2.29. The van der Waals surface area contributed by atoms with Gasteiger partial charge in [0.25, 0.3) is 0 Å². The smallest absolute Gasteiger partial charge is 0.308 e. The van der Waals surface area contributed by atoms with Crippen LogP contribution in [0.3, 0.4) is 0 Å². The van der Waals surface area contributed by atoms with E-state index in [0.717, 1.165) is 30.6 Å². The lowest BCUT2D eigenvalue weighted by Gasteiger charge is -2.31. The van der Waals surface area contributed by atoms with Crippen molar-refractivity contribution in [3.8, 4) is 0 Å². The van der Waals surface area contributed by atoms with E-state index in [1.807, 2.05) is 0 Å². The average Bonchev–Trinajstić information content (AvgIpc) is 2.55. The Morgan fingerprint density at radius 1 is 1.00 bits per heavy atom. The van der Waals surface area contributed by atoms with Gasteiger partial charge in [-0.15, -0.1) is 0 Å². The number of hydrogen-bond acceptors (Lipinski definition) is 2. The number of unbranched alkanes of at least 4 members (excludes halogenated alkanes) is 1. The van der Waals surface area contributed by atoms with Crippen LogP contribution >= 0.6 is 0 Å². The van der Waals surface area contributed by atoms with Crippen LogP contribution in [-0.2, 0) is 9.53 Å². The molecular weight excluding hydrogens is 284 g/mol. The SMILES string of the molecule is CCCCC(C)COC(=O)C1CCC(C(C)CCC(C)C)CC1. The minimum Gasteiger partial charge on any atom is -0.465 e.